The van der Waals surface area contributed by atoms with Crippen molar-refractivity contribution < 1.29 is 9.13 Å². The average Bonchev–Trinajstić information content (AvgIpc) is 3.05. The van der Waals surface area contributed by atoms with Crippen molar-refractivity contribution in [3.05, 3.63) is 54.6 Å². The van der Waals surface area contributed by atoms with Gasteiger partial charge in [0.2, 0.25) is 11.7 Å². The van der Waals surface area contributed by atoms with Crippen LogP contribution < -0.4 is 15.5 Å². The Morgan fingerprint density at radius 3 is 2.85 bits per heavy atom. The second kappa shape index (κ2) is 6.65. The maximum absolute atomic E-state index is 14.0. The molecule has 4 heterocycles. The molecule has 0 aliphatic carbocycles. The lowest BCUT2D eigenvalue weighted by molar-refractivity contribution is 0.398. The number of halogens is 1. The Hall–Kier alpha value is -3.12. The minimum atomic E-state index is -0.469. The Balaban J connectivity index is 1.87. The maximum Gasteiger partial charge on any atom is 0.213 e. The van der Waals surface area contributed by atoms with E-state index in [4.69, 9.17) is 4.74 Å². The Kier molecular flexibility index (Phi) is 4.18. The summed E-state index contributed by atoms with van der Waals surface area (Å²) in [5, 5.41) is 7.54. The highest BCUT2D eigenvalue weighted by atomic mass is 31.0. The average molecular weight is 368 g/mol. The van der Waals surface area contributed by atoms with E-state index < -0.39 is 5.82 Å². The molecule has 0 saturated carbocycles. The second-order valence-corrected chi connectivity index (χ2v) is 5.98. The SMILES string of the molecule is COc1cccc(-c2nc(Nc3ccncc3F)c3ccc(P)n3n2)n1. The van der Waals surface area contributed by atoms with E-state index in [0.717, 1.165) is 11.6 Å². The van der Waals surface area contributed by atoms with Crippen LogP contribution in [0.25, 0.3) is 17.0 Å². The third-order valence-electron chi connectivity index (χ3n) is 3.73. The van der Waals surface area contributed by atoms with Crippen LogP contribution in [0.3, 0.4) is 0 Å². The van der Waals surface area contributed by atoms with Gasteiger partial charge in [0.25, 0.3) is 0 Å². The largest absolute Gasteiger partial charge is 0.481 e. The summed E-state index contributed by atoms with van der Waals surface area (Å²) in [4.78, 5) is 12.7. The molecule has 0 fully saturated rings. The van der Waals surface area contributed by atoms with Crippen LogP contribution in [0.1, 0.15) is 0 Å². The summed E-state index contributed by atoms with van der Waals surface area (Å²) in [7, 11) is 4.15. The van der Waals surface area contributed by atoms with Crippen molar-refractivity contribution in [3.63, 3.8) is 0 Å². The number of nitrogens with zero attached hydrogens (tertiary/aromatic N) is 5. The van der Waals surface area contributed by atoms with Gasteiger partial charge in [-0.1, -0.05) is 15.3 Å². The molecule has 7 nitrogen and oxygen atoms in total. The van der Waals surface area contributed by atoms with Crippen molar-refractivity contribution in [2.24, 2.45) is 0 Å². The van der Waals surface area contributed by atoms with Gasteiger partial charge in [-0.25, -0.2) is 18.9 Å². The molecule has 0 amide bonds. The monoisotopic (exact) mass is 368 g/mol. The second-order valence-electron chi connectivity index (χ2n) is 5.38. The molecular formula is C17H14FN6OP. The molecule has 0 radical (unpaired) electrons. The number of nitrogens with one attached hydrogen (secondary N) is 1. The summed E-state index contributed by atoms with van der Waals surface area (Å²) >= 11 is 0. The third-order valence-corrected chi connectivity index (χ3v) is 4.16. The smallest absolute Gasteiger partial charge is 0.213 e. The lowest BCUT2D eigenvalue weighted by Crippen LogP contribution is -2.10. The first-order valence-electron chi connectivity index (χ1n) is 7.69. The summed E-state index contributed by atoms with van der Waals surface area (Å²) in [6, 6.07) is 10.6. The van der Waals surface area contributed by atoms with Gasteiger partial charge in [0.15, 0.2) is 11.6 Å². The molecule has 0 aliphatic heterocycles. The van der Waals surface area contributed by atoms with Gasteiger partial charge in [0.1, 0.15) is 11.2 Å². The van der Waals surface area contributed by atoms with Crippen LogP contribution in [0, 0.1) is 5.82 Å². The quantitative estimate of drug-likeness (QED) is 0.558. The fraction of sp³-hybridized carbons (Fsp3) is 0.0588. The summed E-state index contributed by atoms with van der Waals surface area (Å²) in [6.45, 7) is 0. The molecule has 0 aliphatic rings. The minimum Gasteiger partial charge on any atom is -0.481 e. The van der Waals surface area contributed by atoms with E-state index in [1.54, 1.807) is 29.8 Å². The molecule has 1 unspecified atom stereocenters. The molecule has 4 rings (SSSR count). The van der Waals surface area contributed by atoms with Crippen molar-refractivity contribution >= 4 is 31.7 Å². The van der Waals surface area contributed by atoms with Crippen LogP contribution in [0.15, 0.2) is 48.8 Å². The Morgan fingerprint density at radius 1 is 1.15 bits per heavy atom. The molecule has 0 aromatic carbocycles. The highest BCUT2D eigenvalue weighted by Gasteiger charge is 2.14. The fourth-order valence-corrected chi connectivity index (χ4v) is 2.77. The number of hydrogen-bond donors (Lipinski definition) is 1. The molecule has 4 aromatic rings. The van der Waals surface area contributed by atoms with Crippen LogP contribution in [0.2, 0.25) is 0 Å². The highest BCUT2D eigenvalue weighted by Crippen LogP contribution is 2.24. The first kappa shape index (κ1) is 16.4. The number of hydrogen-bond acceptors (Lipinski definition) is 6. The van der Waals surface area contributed by atoms with Gasteiger partial charge in [-0.3, -0.25) is 4.98 Å². The molecule has 130 valence electrons. The number of ether oxygens (including phenoxy) is 1. The van der Waals surface area contributed by atoms with E-state index in [1.807, 2.05) is 18.2 Å². The number of aromatic nitrogens is 5. The molecule has 4 aromatic heterocycles. The molecule has 26 heavy (non-hydrogen) atoms. The molecule has 1 N–H and O–H groups in total. The van der Waals surface area contributed by atoms with E-state index >= 15 is 0 Å². The number of anilines is 2. The van der Waals surface area contributed by atoms with Crippen LogP contribution >= 0.6 is 9.24 Å². The van der Waals surface area contributed by atoms with Gasteiger partial charge in [-0.2, -0.15) is 0 Å². The molecule has 1 atom stereocenters. The van der Waals surface area contributed by atoms with E-state index in [2.05, 4.69) is 34.6 Å². The van der Waals surface area contributed by atoms with Crippen molar-refractivity contribution in [2.45, 2.75) is 0 Å². The van der Waals surface area contributed by atoms with Gasteiger partial charge in [0, 0.05) is 12.3 Å². The Labute approximate surface area is 150 Å². The first-order valence-corrected chi connectivity index (χ1v) is 8.26. The number of fused-ring (bicyclic) bond motifs is 1. The van der Waals surface area contributed by atoms with Gasteiger partial charge in [0.05, 0.1) is 24.4 Å². The molecular weight excluding hydrogens is 354 g/mol. The van der Waals surface area contributed by atoms with Crippen molar-refractivity contribution in [1.29, 1.82) is 0 Å². The minimum absolute atomic E-state index is 0.275. The predicted octanol–water partition coefficient (Wildman–Crippen LogP) is 2.58. The van der Waals surface area contributed by atoms with Crippen LogP contribution in [-0.2, 0) is 0 Å². The fourth-order valence-electron chi connectivity index (χ4n) is 2.47. The van der Waals surface area contributed by atoms with E-state index in [9.17, 15) is 4.39 Å². The van der Waals surface area contributed by atoms with E-state index in [1.165, 1.54) is 6.20 Å². The van der Waals surface area contributed by atoms with Crippen LogP contribution in [0.5, 0.6) is 5.88 Å². The van der Waals surface area contributed by atoms with Gasteiger partial charge in [-0.05, 0) is 24.3 Å². The zero-order valence-corrected chi connectivity index (χ0v) is 14.9. The molecule has 0 spiro atoms. The lowest BCUT2D eigenvalue weighted by atomic mass is 10.3. The normalized spacial score (nSPS) is 10.9. The summed E-state index contributed by atoms with van der Waals surface area (Å²) in [5.41, 5.74) is 2.36. The van der Waals surface area contributed by atoms with Gasteiger partial charge >= 0.3 is 0 Å². The summed E-state index contributed by atoms with van der Waals surface area (Å²) in [6.07, 6.45) is 2.65. The lowest BCUT2D eigenvalue weighted by Gasteiger charge is -2.11. The third kappa shape index (κ3) is 2.95. The molecule has 0 bridgehead atoms. The van der Waals surface area contributed by atoms with Gasteiger partial charge < -0.3 is 10.1 Å². The Bertz CT molecular complexity index is 1100. The Morgan fingerprint density at radius 2 is 2.04 bits per heavy atom. The molecule has 9 heteroatoms. The van der Waals surface area contributed by atoms with E-state index in [-0.39, 0.29) is 5.69 Å². The van der Waals surface area contributed by atoms with Crippen molar-refractivity contribution in [2.75, 3.05) is 12.4 Å². The van der Waals surface area contributed by atoms with Crippen molar-refractivity contribution in [3.8, 4) is 17.4 Å². The number of pyridine rings is 2. The highest BCUT2D eigenvalue weighted by molar-refractivity contribution is 7.27. The molecule has 0 saturated heterocycles. The number of rotatable bonds is 4. The van der Waals surface area contributed by atoms with Crippen LogP contribution in [-0.4, -0.2) is 31.7 Å². The standard InChI is InChI=1S/C17H14FN6OP/c1-25-14-4-2-3-12(20-14)16-22-17(13-5-6-15(26)24(13)23-16)21-11-7-8-19-9-10(11)18/h2-9H,26H2,1H3,(H,19,21,22,23). The predicted molar refractivity (Wildman–Crippen MR) is 99.6 cm³/mol. The number of methoxy groups -OCH3 is 1. The van der Waals surface area contributed by atoms with Crippen molar-refractivity contribution in [1.82, 2.24) is 24.6 Å². The zero-order chi connectivity index (χ0) is 18.1. The zero-order valence-electron chi connectivity index (χ0n) is 13.7. The van der Waals surface area contributed by atoms with Gasteiger partial charge in [-0.15, -0.1) is 5.10 Å². The van der Waals surface area contributed by atoms with E-state index in [0.29, 0.717) is 28.7 Å². The summed E-state index contributed by atoms with van der Waals surface area (Å²) in [5.74, 6) is 0.828. The maximum atomic E-state index is 14.0. The first-order chi connectivity index (χ1) is 12.7. The topological polar surface area (TPSA) is 77.2 Å². The van der Waals surface area contributed by atoms with Crippen LogP contribution in [0.4, 0.5) is 15.9 Å². The summed E-state index contributed by atoms with van der Waals surface area (Å²) < 4.78 is 20.9.